The highest BCUT2D eigenvalue weighted by atomic mass is 19.1. The zero-order valence-electron chi connectivity index (χ0n) is 16.9. The molecule has 150 valence electrons. The molecule has 2 heterocycles. The molecule has 1 N–H and O–H groups in total. The molecule has 0 radical (unpaired) electrons. The van der Waals surface area contributed by atoms with Crippen LogP contribution in [0.3, 0.4) is 0 Å². The fourth-order valence-electron chi connectivity index (χ4n) is 3.90. The minimum Gasteiger partial charge on any atom is -0.325 e. The Morgan fingerprint density at radius 3 is 2.76 bits per heavy atom. The molecular weight excluding hydrogens is 367 g/mol. The molecule has 0 unspecified atom stereocenters. The third-order valence-corrected chi connectivity index (χ3v) is 5.86. The summed E-state index contributed by atoms with van der Waals surface area (Å²) < 4.78 is 15.8. The molecule has 29 heavy (non-hydrogen) atoms. The fourth-order valence-corrected chi connectivity index (χ4v) is 3.90. The van der Waals surface area contributed by atoms with E-state index in [1.807, 2.05) is 25.1 Å². The zero-order valence-corrected chi connectivity index (χ0v) is 16.9. The first-order valence-electron chi connectivity index (χ1n) is 9.91. The van der Waals surface area contributed by atoms with Gasteiger partial charge in [-0.25, -0.2) is 4.39 Å². The lowest BCUT2D eigenvalue weighted by Crippen LogP contribution is -2.34. The number of anilines is 1. The summed E-state index contributed by atoms with van der Waals surface area (Å²) in [4.78, 5) is 13.0. The molecule has 6 heteroatoms. The molecule has 2 aromatic carbocycles. The highest BCUT2D eigenvalue weighted by Gasteiger charge is 2.30. The van der Waals surface area contributed by atoms with E-state index in [0.29, 0.717) is 11.5 Å². The van der Waals surface area contributed by atoms with E-state index in [4.69, 9.17) is 0 Å². The third-order valence-electron chi connectivity index (χ3n) is 5.86. The first-order valence-corrected chi connectivity index (χ1v) is 9.91. The summed E-state index contributed by atoms with van der Waals surface area (Å²) in [5.41, 5.74) is 1.74. The number of fused-ring (bicyclic) bond motifs is 1. The van der Waals surface area contributed by atoms with Crippen LogP contribution in [0.5, 0.6) is 0 Å². The minimum absolute atomic E-state index is 0.166. The maximum Gasteiger partial charge on any atom is 0.234 e. The van der Waals surface area contributed by atoms with Crippen LogP contribution in [0, 0.1) is 12.7 Å². The number of aryl methyl sites for hydroxylation is 2. The van der Waals surface area contributed by atoms with Crippen LogP contribution in [0.4, 0.5) is 10.1 Å². The lowest BCUT2D eigenvalue weighted by molar-refractivity contribution is -0.120. The van der Waals surface area contributed by atoms with Crippen molar-refractivity contribution in [1.29, 1.82) is 0 Å². The van der Waals surface area contributed by atoms with Crippen molar-refractivity contribution in [2.45, 2.75) is 51.5 Å². The summed E-state index contributed by atoms with van der Waals surface area (Å²) in [6.07, 6.45) is 1.90. The number of halogens is 1. The van der Waals surface area contributed by atoms with Gasteiger partial charge < -0.3 is 9.88 Å². The summed E-state index contributed by atoms with van der Waals surface area (Å²) >= 11 is 0. The Labute approximate surface area is 170 Å². The topological polar surface area (TPSA) is 59.8 Å². The SMILES string of the molecule is Cc1nnc2n1C[C@@H](c1cccc(NC(=O)C(C)(C)c3cccc(F)c3)c1)CC2. The number of carbonyl (C=O) groups excluding carboxylic acids is 1. The number of aromatic nitrogens is 3. The van der Waals surface area contributed by atoms with Crippen LogP contribution in [0.2, 0.25) is 0 Å². The van der Waals surface area contributed by atoms with Gasteiger partial charge in [0.05, 0.1) is 5.41 Å². The van der Waals surface area contributed by atoms with E-state index in [1.165, 1.54) is 17.7 Å². The summed E-state index contributed by atoms with van der Waals surface area (Å²) in [6.45, 7) is 6.43. The number of nitrogens with zero attached hydrogens (tertiary/aromatic N) is 3. The Balaban J connectivity index is 1.52. The average Bonchev–Trinajstić information content (AvgIpc) is 3.08. The standard InChI is InChI=1S/C23H25FN4O/c1-15-26-27-21-11-10-17(14-28(15)21)16-6-4-9-20(12-16)25-22(29)23(2,3)18-7-5-8-19(24)13-18/h4-9,12-13,17H,10-11,14H2,1-3H3,(H,25,29)/t17-/m0/s1. The smallest absolute Gasteiger partial charge is 0.234 e. The van der Waals surface area contributed by atoms with Crippen molar-refractivity contribution in [3.05, 3.63) is 77.1 Å². The van der Waals surface area contributed by atoms with Gasteiger partial charge in [0.1, 0.15) is 17.5 Å². The molecule has 1 aliphatic rings. The Hall–Kier alpha value is -3.02. The van der Waals surface area contributed by atoms with Crippen molar-refractivity contribution in [2.75, 3.05) is 5.32 Å². The van der Waals surface area contributed by atoms with Crippen molar-refractivity contribution in [3.63, 3.8) is 0 Å². The van der Waals surface area contributed by atoms with Gasteiger partial charge in [-0.1, -0.05) is 24.3 Å². The number of amides is 1. The fraction of sp³-hybridized carbons (Fsp3) is 0.348. The third kappa shape index (κ3) is 3.79. The summed E-state index contributed by atoms with van der Waals surface area (Å²) in [6, 6.07) is 14.2. The van der Waals surface area contributed by atoms with Crippen molar-refractivity contribution in [3.8, 4) is 0 Å². The van der Waals surface area contributed by atoms with Gasteiger partial charge in [0, 0.05) is 24.6 Å². The Morgan fingerprint density at radius 1 is 1.17 bits per heavy atom. The maximum atomic E-state index is 13.6. The van der Waals surface area contributed by atoms with Gasteiger partial charge in [-0.15, -0.1) is 10.2 Å². The van der Waals surface area contributed by atoms with E-state index < -0.39 is 5.41 Å². The maximum absolute atomic E-state index is 13.6. The van der Waals surface area contributed by atoms with Crippen LogP contribution < -0.4 is 5.32 Å². The molecule has 3 aromatic rings. The van der Waals surface area contributed by atoms with Crippen LogP contribution in [-0.2, 0) is 23.2 Å². The van der Waals surface area contributed by atoms with E-state index in [1.54, 1.807) is 26.0 Å². The van der Waals surface area contributed by atoms with Crippen LogP contribution in [0.25, 0.3) is 0 Å². The number of hydrogen-bond acceptors (Lipinski definition) is 3. The monoisotopic (exact) mass is 392 g/mol. The number of nitrogens with one attached hydrogen (secondary N) is 1. The first kappa shape index (κ1) is 19.3. The normalized spacial score (nSPS) is 16.3. The molecule has 1 amide bonds. The predicted octanol–water partition coefficient (Wildman–Crippen LogP) is 4.37. The first-order chi connectivity index (χ1) is 13.8. The number of benzene rings is 2. The molecule has 5 nitrogen and oxygen atoms in total. The Morgan fingerprint density at radius 2 is 1.97 bits per heavy atom. The van der Waals surface area contributed by atoms with E-state index in [0.717, 1.165) is 36.7 Å². The minimum atomic E-state index is -0.850. The van der Waals surface area contributed by atoms with Gasteiger partial charge in [0.2, 0.25) is 5.91 Å². The second-order valence-corrected chi connectivity index (χ2v) is 8.22. The molecule has 1 atom stereocenters. The van der Waals surface area contributed by atoms with Crippen molar-refractivity contribution < 1.29 is 9.18 Å². The largest absolute Gasteiger partial charge is 0.325 e. The van der Waals surface area contributed by atoms with E-state index in [-0.39, 0.29) is 11.7 Å². The molecule has 0 saturated heterocycles. The molecule has 0 saturated carbocycles. The highest BCUT2D eigenvalue weighted by molar-refractivity contribution is 5.98. The van der Waals surface area contributed by atoms with Crippen molar-refractivity contribution >= 4 is 11.6 Å². The van der Waals surface area contributed by atoms with Crippen LogP contribution in [0.1, 0.15) is 49.0 Å². The molecule has 0 spiro atoms. The summed E-state index contributed by atoms with van der Waals surface area (Å²) in [5, 5.41) is 11.4. The number of carbonyl (C=O) groups is 1. The van der Waals surface area contributed by atoms with Crippen molar-refractivity contribution in [2.24, 2.45) is 0 Å². The van der Waals surface area contributed by atoms with Gasteiger partial charge in [0.25, 0.3) is 0 Å². The number of hydrogen-bond donors (Lipinski definition) is 1. The molecule has 0 bridgehead atoms. The Kier molecular flexibility index (Phi) is 4.94. The lowest BCUT2D eigenvalue weighted by atomic mass is 9.83. The molecule has 0 aliphatic carbocycles. The van der Waals surface area contributed by atoms with Crippen LogP contribution >= 0.6 is 0 Å². The van der Waals surface area contributed by atoms with Crippen LogP contribution in [-0.4, -0.2) is 20.7 Å². The van der Waals surface area contributed by atoms with Gasteiger partial charge in [-0.05, 0) is 62.6 Å². The molecular formula is C23H25FN4O. The van der Waals surface area contributed by atoms with Crippen molar-refractivity contribution in [1.82, 2.24) is 14.8 Å². The molecule has 0 fully saturated rings. The molecule has 4 rings (SSSR count). The summed E-state index contributed by atoms with van der Waals surface area (Å²) in [5.74, 6) is 1.82. The average molecular weight is 392 g/mol. The van der Waals surface area contributed by atoms with Gasteiger partial charge >= 0.3 is 0 Å². The van der Waals surface area contributed by atoms with Gasteiger partial charge in [-0.2, -0.15) is 0 Å². The van der Waals surface area contributed by atoms with Gasteiger partial charge in [0.15, 0.2) is 0 Å². The lowest BCUT2D eigenvalue weighted by Gasteiger charge is -2.26. The predicted molar refractivity (Wildman–Crippen MR) is 110 cm³/mol. The summed E-state index contributed by atoms with van der Waals surface area (Å²) in [7, 11) is 0. The second-order valence-electron chi connectivity index (χ2n) is 8.22. The zero-order chi connectivity index (χ0) is 20.6. The molecule has 1 aromatic heterocycles. The van der Waals surface area contributed by atoms with E-state index in [2.05, 4.69) is 26.1 Å². The van der Waals surface area contributed by atoms with Crippen LogP contribution in [0.15, 0.2) is 48.5 Å². The number of rotatable bonds is 4. The quantitative estimate of drug-likeness (QED) is 0.717. The van der Waals surface area contributed by atoms with E-state index >= 15 is 0 Å². The van der Waals surface area contributed by atoms with Gasteiger partial charge in [-0.3, -0.25) is 4.79 Å². The Bertz CT molecular complexity index is 1060. The van der Waals surface area contributed by atoms with E-state index in [9.17, 15) is 9.18 Å². The molecule has 1 aliphatic heterocycles. The second kappa shape index (κ2) is 7.43. The highest BCUT2D eigenvalue weighted by Crippen LogP contribution is 2.31.